The molecule has 3 rings (SSSR count). The Bertz CT molecular complexity index is 712. The highest BCUT2D eigenvalue weighted by Crippen LogP contribution is 2.27. The van der Waals surface area contributed by atoms with Gasteiger partial charge in [-0.15, -0.1) is 0 Å². The molecule has 23 heavy (non-hydrogen) atoms. The Morgan fingerprint density at radius 2 is 2.26 bits per heavy atom. The van der Waals surface area contributed by atoms with Gasteiger partial charge >= 0.3 is 5.97 Å². The molecule has 0 amide bonds. The fraction of sp³-hybridized carbons (Fsp3) is 0.353. The van der Waals surface area contributed by atoms with Crippen LogP contribution in [0.1, 0.15) is 33.5 Å². The number of hydrogen-bond donors (Lipinski definition) is 1. The van der Waals surface area contributed by atoms with Crippen LogP contribution in [-0.2, 0) is 11.3 Å². The van der Waals surface area contributed by atoms with E-state index in [-0.39, 0.29) is 17.6 Å². The Labute approximate surface area is 133 Å². The van der Waals surface area contributed by atoms with Crippen LogP contribution in [-0.4, -0.2) is 35.7 Å². The van der Waals surface area contributed by atoms with Gasteiger partial charge in [-0.05, 0) is 30.7 Å². The summed E-state index contributed by atoms with van der Waals surface area (Å²) < 4.78 is 24.4. The van der Waals surface area contributed by atoms with E-state index in [0.717, 1.165) is 5.56 Å². The normalized spacial score (nSPS) is 19.0. The maximum atomic E-state index is 13.5. The lowest BCUT2D eigenvalue weighted by atomic mass is 10.0. The van der Waals surface area contributed by atoms with Crippen molar-refractivity contribution in [3.63, 3.8) is 0 Å². The molecule has 0 spiro atoms. The number of carbonyl (C=O) groups is 1. The van der Waals surface area contributed by atoms with Crippen LogP contribution >= 0.6 is 0 Å². The van der Waals surface area contributed by atoms with Crippen molar-refractivity contribution in [3.8, 4) is 0 Å². The Morgan fingerprint density at radius 3 is 2.96 bits per heavy atom. The van der Waals surface area contributed by atoms with Crippen molar-refractivity contribution in [1.29, 1.82) is 0 Å². The number of morpholine rings is 1. The first kappa shape index (κ1) is 15.7. The van der Waals surface area contributed by atoms with Gasteiger partial charge in [0, 0.05) is 12.1 Å². The highest BCUT2D eigenvalue weighted by Gasteiger charge is 2.26. The molecule has 2 aromatic rings. The van der Waals surface area contributed by atoms with Crippen molar-refractivity contribution < 1.29 is 23.4 Å². The highest BCUT2D eigenvalue weighted by atomic mass is 19.1. The first-order valence-corrected chi connectivity index (χ1v) is 7.44. The number of carboxylic acid groups (broad SMARTS) is 1. The van der Waals surface area contributed by atoms with Gasteiger partial charge in [-0.3, -0.25) is 4.90 Å². The number of aryl methyl sites for hydroxylation is 1. The molecule has 1 aliphatic rings. The molecule has 0 radical (unpaired) electrons. The molecule has 0 aliphatic carbocycles. The molecule has 0 bridgehead atoms. The van der Waals surface area contributed by atoms with Crippen molar-refractivity contribution >= 4 is 5.97 Å². The lowest BCUT2D eigenvalue weighted by molar-refractivity contribution is -0.0156. The lowest BCUT2D eigenvalue weighted by Gasteiger charge is -2.35. The fourth-order valence-corrected chi connectivity index (χ4v) is 2.89. The number of hydrogen-bond acceptors (Lipinski definition) is 4. The third-order valence-electron chi connectivity index (χ3n) is 3.99. The first-order valence-electron chi connectivity index (χ1n) is 7.44. The lowest BCUT2D eigenvalue weighted by Crippen LogP contribution is -2.38. The summed E-state index contributed by atoms with van der Waals surface area (Å²) in [7, 11) is 0. The zero-order valence-corrected chi connectivity index (χ0v) is 12.8. The molecule has 1 N–H and O–H groups in total. The summed E-state index contributed by atoms with van der Waals surface area (Å²) in [6.07, 6.45) is 0. The zero-order chi connectivity index (χ0) is 16.4. The van der Waals surface area contributed by atoms with E-state index >= 15 is 0 Å². The van der Waals surface area contributed by atoms with Gasteiger partial charge in [0.05, 0.1) is 25.8 Å². The molecule has 1 fully saturated rings. The van der Waals surface area contributed by atoms with E-state index in [1.807, 2.05) is 6.07 Å². The van der Waals surface area contributed by atoms with Crippen LogP contribution in [0, 0.1) is 12.7 Å². The van der Waals surface area contributed by atoms with Crippen LogP contribution in [0.15, 0.2) is 34.7 Å². The number of nitrogens with zero attached hydrogens (tertiary/aromatic N) is 1. The fourth-order valence-electron chi connectivity index (χ4n) is 2.89. The van der Waals surface area contributed by atoms with Crippen LogP contribution < -0.4 is 0 Å². The predicted octanol–water partition coefficient (Wildman–Crippen LogP) is 3.00. The molecule has 0 saturated carbocycles. The summed E-state index contributed by atoms with van der Waals surface area (Å²) in [5.74, 6) is -0.800. The molecule has 1 aromatic carbocycles. The largest absolute Gasteiger partial charge is 0.475 e. The Morgan fingerprint density at radius 1 is 1.43 bits per heavy atom. The highest BCUT2D eigenvalue weighted by molar-refractivity contribution is 5.86. The summed E-state index contributed by atoms with van der Waals surface area (Å²) in [4.78, 5) is 13.2. The first-order chi connectivity index (χ1) is 11.0. The van der Waals surface area contributed by atoms with Gasteiger partial charge in [-0.2, -0.15) is 0 Å². The molecule has 1 unspecified atom stereocenters. The molecule has 5 nitrogen and oxygen atoms in total. The number of furan rings is 1. The number of halogens is 1. The molecule has 2 heterocycles. The monoisotopic (exact) mass is 319 g/mol. The molecule has 1 aromatic heterocycles. The molecular formula is C17H18FNO4. The van der Waals surface area contributed by atoms with Crippen LogP contribution in [0.3, 0.4) is 0 Å². The average Bonchev–Trinajstić information content (AvgIpc) is 2.88. The summed E-state index contributed by atoms with van der Waals surface area (Å²) in [5.41, 5.74) is 1.44. The van der Waals surface area contributed by atoms with E-state index in [0.29, 0.717) is 37.6 Å². The summed E-state index contributed by atoms with van der Waals surface area (Å²) in [6, 6.07) is 8.11. The minimum absolute atomic E-state index is 0.0319. The molecule has 1 aliphatic heterocycles. The van der Waals surface area contributed by atoms with Crippen LogP contribution in [0.2, 0.25) is 0 Å². The minimum Gasteiger partial charge on any atom is -0.475 e. The maximum Gasteiger partial charge on any atom is 0.372 e. The van der Waals surface area contributed by atoms with E-state index in [4.69, 9.17) is 14.3 Å². The van der Waals surface area contributed by atoms with Crippen LogP contribution in [0.5, 0.6) is 0 Å². The molecule has 6 heteroatoms. The Balaban J connectivity index is 1.82. The second-order valence-corrected chi connectivity index (χ2v) is 5.65. The van der Waals surface area contributed by atoms with Crippen LogP contribution in [0.25, 0.3) is 0 Å². The predicted molar refractivity (Wildman–Crippen MR) is 80.8 cm³/mol. The van der Waals surface area contributed by atoms with Gasteiger partial charge in [0.15, 0.2) is 0 Å². The number of rotatable bonds is 4. The number of ether oxygens (including phenoxy) is 1. The van der Waals surface area contributed by atoms with Gasteiger partial charge in [-0.1, -0.05) is 12.1 Å². The summed E-state index contributed by atoms with van der Waals surface area (Å²) in [5, 5.41) is 9.08. The van der Waals surface area contributed by atoms with E-state index in [1.165, 1.54) is 12.1 Å². The summed E-state index contributed by atoms with van der Waals surface area (Å²) >= 11 is 0. The zero-order valence-electron chi connectivity index (χ0n) is 12.8. The SMILES string of the molecule is Cc1cc(CN2CCOCC2c2cccc(F)c2)oc1C(=O)O. The number of carboxylic acids is 1. The topological polar surface area (TPSA) is 62.9 Å². The Hall–Kier alpha value is -2.18. The van der Waals surface area contributed by atoms with Crippen molar-refractivity contribution in [2.75, 3.05) is 19.8 Å². The van der Waals surface area contributed by atoms with Crippen molar-refractivity contribution in [1.82, 2.24) is 4.90 Å². The van der Waals surface area contributed by atoms with Gasteiger partial charge in [0.2, 0.25) is 5.76 Å². The molecule has 1 saturated heterocycles. The maximum absolute atomic E-state index is 13.5. The molecule has 1 atom stereocenters. The van der Waals surface area contributed by atoms with Crippen molar-refractivity contribution in [2.45, 2.75) is 19.5 Å². The van der Waals surface area contributed by atoms with Crippen LogP contribution in [0.4, 0.5) is 4.39 Å². The number of benzene rings is 1. The van der Waals surface area contributed by atoms with Gasteiger partial charge < -0.3 is 14.3 Å². The van der Waals surface area contributed by atoms with Gasteiger partial charge in [0.25, 0.3) is 0 Å². The Kier molecular flexibility index (Phi) is 4.45. The van der Waals surface area contributed by atoms with E-state index < -0.39 is 5.97 Å². The van der Waals surface area contributed by atoms with Crippen molar-refractivity contribution in [2.24, 2.45) is 0 Å². The molecule has 122 valence electrons. The van der Waals surface area contributed by atoms with E-state index in [9.17, 15) is 9.18 Å². The minimum atomic E-state index is -1.07. The number of aromatic carboxylic acids is 1. The second kappa shape index (κ2) is 6.52. The smallest absolute Gasteiger partial charge is 0.372 e. The second-order valence-electron chi connectivity index (χ2n) is 5.65. The average molecular weight is 319 g/mol. The third kappa shape index (κ3) is 3.43. The van der Waals surface area contributed by atoms with E-state index in [2.05, 4.69) is 4.90 Å². The van der Waals surface area contributed by atoms with Crippen molar-refractivity contribution in [3.05, 3.63) is 58.8 Å². The molecular weight excluding hydrogens is 301 g/mol. The quantitative estimate of drug-likeness (QED) is 0.938. The van der Waals surface area contributed by atoms with Gasteiger partial charge in [-0.25, -0.2) is 9.18 Å². The van der Waals surface area contributed by atoms with E-state index in [1.54, 1.807) is 19.1 Å². The van der Waals surface area contributed by atoms with Gasteiger partial charge in [0.1, 0.15) is 11.6 Å². The summed E-state index contributed by atoms with van der Waals surface area (Å²) in [6.45, 7) is 3.88. The standard InChI is InChI=1S/C17H18FNO4/c1-11-7-14(23-16(11)17(20)21)9-19-5-6-22-10-15(19)12-3-2-4-13(18)8-12/h2-4,7-8,15H,5-6,9-10H2,1H3,(H,20,21). The third-order valence-corrected chi connectivity index (χ3v) is 3.99.